The van der Waals surface area contributed by atoms with Crippen LogP contribution in [0.3, 0.4) is 0 Å². The van der Waals surface area contributed by atoms with E-state index in [2.05, 4.69) is 48.2 Å². The van der Waals surface area contributed by atoms with Gasteiger partial charge in [-0.05, 0) is 88.9 Å². The Hall–Kier alpha value is -3.78. The molecule has 2 rings (SSSR count). The van der Waals surface area contributed by atoms with Gasteiger partial charge in [0, 0.05) is 38.2 Å². The van der Waals surface area contributed by atoms with E-state index in [0.717, 1.165) is 56.9 Å². The molecule has 0 bridgehead atoms. The highest BCUT2D eigenvalue weighted by Gasteiger charge is 2.21. The zero-order valence-corrected chi connectivity index (χ0v) is 28.4. The third-order valence-corrected chi connectivity index (χ3v) is 6.19. The van der Waals surface area contributed by atoms with E-state index in [-0.39, 0.29) is 11.9 Å². The molecule has 0 saturated carbocycles. The highest BCUT2D eigenvalue weighted by Crippen LogP contribution is 2.21. The summed E-state index contributed by atoms with van der Waals surface area (Å²) in [5, 5.41) is 6.13. The fourth-order valence-corrected chi connectivity index (χ4v) is 3.68. The number of likely N-dealkylation sites (tertiary alicyclic amines) is 1. The Balaban J connectivity index is 0. The summed E-state index contributed by atoms with van der Waals surface area (Å²) in [6.07, 6.45) is 18.4. The zero-order chi connectivity index (χ0) is 33.6. The lowest BCUT2D eigenvalue weighted by atomic mass is 10.1. The van der Waals surface area contributed by atoms with Crippen LogP contribution in [0.15, 0.2) is 88.9 Å². The summed E-state index contributed by atoms with van der Waals surface area (Å²) >= 11 is 0. The second kappa shape index (κ2) is 29.3. The minimum absolute atomic E-state index is 0.0949. The van der Waals surface area contributed by atoms with Gasteiger partial charge in [0.15, 0.2) is 6.29 Å². The Morgan fingerprint density at radius 3 is 2.27 bits per heavy atom. The molecule has 1 atom stereocenters. The van der Waals surface area contributed by atoms with Crippen molar-refractivity contribution in [1.29, 1.82) is 0 Å². The molecule has 1 saturated heterocycles. The van der Waals surface area contributed by atoms with Crippen LogP contribution in [0.2, 0.25) is 0 Å². The predicted molar refractivity (Wildman–Crippen MR) is 186 cm³/mol. The fraction of sp³-hybridized carbons (Fsp3) is 0.472. The van der Waals surface area contributed by atoms with Gasteiger partial charge in [-0.3, -0.25) is 9.79 Å². The van der Waals surface area contributed by atoms with E-state index in [1.54, 1.807) is 25.1 Å². The summed E-state index contributed by atoms with van der Waals surface area (Å²) < 4.78 is 18.0. The summed E-state index contributed by atoms with van der Waals surface area (Å²) in [4.78, 5) is 26.9. The van der Waals surface area contributed by atoms with Crippen molar-refractivity contribution < 1.29 is 18.7 Å². The number of allylic oxidation sites excluding steroid dienone is 6. The molecule has 1 aliphatic rings. The van der Waals surface area contributed by atoms with Crippen molar-refractivity contribution in [2.24, 2.45) is 4.99 Å². The minimum Gasteiger partial charge on any atom is -0.494 e. The minimum atomic E-state index is -0.275. The van der Waals surface area contributed by atoms with Crippen LogP contribution < -0.4 is 15.4 Å². The number of halogens is 1. The first-order valence-corrected chi connectivity index (χ1v) is 15.5. The Morgan fingerprint density at radius 2 is 1.82 bits per heavy atom. The average Bonchev–Trinajstić information content (AvgIpc) is 3.38. The first kappa shape index (κ1) is 42.4. The Kier molecular flexibility index (Phi) is 28.2. The summed E-state index contributed by atoms with van der Waals surface area (Å²) in [7, 11) is 3.87. The van der Waals surface area contributed by atoms with Crippen molar-refractivity contribution in [1.82, 2.24) is 15.5 Å². The van der Waals surface area contributed by atoms with Crippen molar-refractivity contribution in [2.75, 3.05) is 33.8 Å². The molecule has 1 fully saturated rings. The van der Waals surface area contributed by atoms with Gasteiger partial charge >= 0.3 is 0 Å². The molecule has 44 heavy (non-hydrogen) atoms. The first-order chi connectivity index (χ1) is 21.3. The molecule has 0 aromatic heterocycles. The quantitative estimate of drug-likeness (QED) is 0.0698. The smallest absolute Gasteiger partial charge is 0.165 e. The molecule has 0 amide bonds. The lowest BCUT2D eigenvalue weighted by Crippen LogP contribution is -2.24. The molecular formula is C36H57FN4O3. The third kappa shape index (κ3) is 21.0. The van der Waals surface area contributed by atoms with Crippen LogP contribution in [-0.2, 0) is 9.59 Å². The normalized spacial score (nSPS) is 15.1. The average molecular weight is 613 g/mol. The van der Waals surface area contributed by atoms with Crippen molar-refractivity contribution in [3.8, 4) is 5.75 Å². The lowest BCUT2D eigenvalue weighted by molar-refractivity contribution is -0.111. The van der Waals surface area contributed by atoms with Gasteiger partial charge in [0.1, 0.15) is 17.9 Å². The highest BCUT2D eigenvalue weighted by molar-refractivity contribution is 5.79. The Labute approximate surface area is 266 Å². The number of carbonyl (C=O) groups is 2. The summed E-state index contributed by atoms with van der Waals surface area (Å²) in [5.41, 5.74) is 4.24. The van der Waals surface area contributed by atoms with E-state index in [4.69, 9.17) is 4.74 Å². The number of rotatable bonds is 15. The first-order valence-electron chi connectivity index (χ1n) is 15.5. The number of nitrogens with zero attached hydrogens (tertiary/aromatic N) is 2. The number of hydrogen-bond acceptors (Lipinski definition) is 7. The number of benzene rings is 1. The van der Waals surface area contributed by atoms with Crippen LogP contribution >= 0.6 is 0 Å². The highest BCUT2D eigenvalue weighted by atomic mass is 19.1. The van der Waals surface area contributed by atoms with Gasteiger partial charge in [0.2, 0.25) is 0 Å². The van der Waals surface area contributed by atoms with Crippen molar-refractivity contribution >= 4 is 18.8 Å². The zero-order valence-electron chi connectivity index (χ0n) is 28.4. The van der Waals surface area contributed by atoms with E-state index in [1.165, 1.54) is 23.3 Å². The maximum absolute atomic E-state index is 12.6. The van der Waals surface area contributed by atoms with Gasteiger partial charge in [-0.1, -0.05) is 58.1 Å². The molecule has 246 valence electrons. The number of aldehydes is 2. The predicted octanol–water partition coefficient (Wildman–Crippen LogP) is 7.59. The van der Waals surface area contributed by atoms with Crippen LogP contribution in [-0.4, -0.2) is 63.5 Å². The molecule has 0 radical (unpaired) electrons. The van der Waals surface area contributed by atoms with Crippen molar-refractivity contribution in [2.45, 2.75) is 79.7 Å². The molecule has 1 aromatic rings. The topological polar surface area (TPSA) is 83.0 Å². The second-order valence-corrected chi connectivity index (χ2v) is 9.49. The van der Waals surface area contributed by atoms with E-state index in [9.17, 15) is 14.0 Å². The number of likely N-dealkylation sites (N-methyl/N-ethyl adjacent to an activating group) is 2. The van der Waals surface area contributed by atoms with Gasteiger partial charge in [-0.2, -0.15) is 0 Å². The number of hydrogen-bond donors (Lipinski definition) is 2. The molecule has 2 N–H and O–H groups in total. The van der Waals surface area contributed by atoms with Crippen LogP contribution in [0.5, 0.6) is 5.75 Å². The summed E-state index contributed by atoms with van der Waals surface area (Å²) in [6, 6.07) is 5.99. The van der Waals surface area contributed by atoms with Gasteiger partial charge in [-0.15, -0.1) is 0 Å². The van der Waals surface area contributed by atoms with Gasteiger partial charge in [-0.25, -0.2) is 4.39 Å². The van der Waals surface area contributed by atoms with E-state index in [0.29, 0.717) is 24.6 Å². The number of nitrogens with one attached hydrogen (secondary N) is 2. The molecule has 7 nitrogen and oxygen atoms in total. The van der Waals surface area contributed by atoms with Crippen LogP contribution in [0, 0.1) is 5.82 Å². The Morgan fingerprint density at radius 1 is 1.14 bits per heavy atom. The van der Waals surface area contributed by atoms with Gasteiger partial charge in [0.25, 0.3) is 0 Å². The van der Waals surface area contributed by atoms with E-state index >= 15 is 0 Å². The molecular weight excluding hydrogens is 555 g/mol. The standard InChI is InChI=1S/C14H24N2.C13H16FNO2.C7H11NO.C2H6/c1-5-8-14(12-16-9-6-2)10-13(7-3)11-15-4;1-2-12(10-16)15-8-3-9-17-13-6-4-11(14)5-7-13;1-6-3-4-7(5-9)8(6)2;1-2/h6-7,9-10,12,15H,5,8,11H2,1-4H3;2,4-7,10,15H,3,8-9H2,1H3;5,7H,1,3-4H2,2H3;1-2H3/b9-6-,13-7+,14-10+,16-12+;12-2+;;. The van der Waals surface area contributed by atoms with Gasteiger partial charge in [0.05, 0.1) is 18.3 Å². The van der Waals surface area contributed by atoms with Crippen LogP contribution in [0.4, 0.5) is 4.39 Å². The molecule has 0 aliphatic carbocycles. The number of aliphatic imine (C=N–C) groups is 1. The van der Waals surface area contributed by atoms with E-state index in [1.807, 2.05) is 58.3 Å². The number of carbonyl (C=O) groups excluding carboxylic acids is 2. The number of ether oxygens (including phenoxy) is 1. The van der Waals surface area contributed by atoms with Gasteiger partial charge < -0.3 is 25.1 Å². The fourth-order valence-electron chi connectivity index (χ4n) is 3.68. The summed E-state index contributed by atoms with van der Waals surface area (Å²) in [5.74, 6) is 0.371. The maximum Gasteiger partial charge on any atom is 0.165 e. The molecule has 0 spiro atoms. The molecule has 1 heterocycles. The van der Waals surface area contributed by atoms with Crippen LogP contribution in [0.25, 0.3) is 0 Å². The maximum atomic E-state index is 12.6. The SMILES string of the molecule is C/C=C(\C=O)NCCCOc1ccc(F)cc1.C=C1CCC(C=O)N1C.CC.C\C=C/N=C/C(=C/C(=C\C)CNC)CCC. The third-order valence-electron chi connectivity index (χ3n) is 6.19. The Bertz CT molecular complexity index is 1060. The van der Waals surface area contributed by atoms with Crippen molar-refractivity contribution in [3.63, 3.8) is 0 Å². The molecule has 1 unspecified atom stereocenters. The molecule has 1 aromatic carbocycles. The molecule has 8 heteroatoms. The largest absolute Gasteiger partial charge is 0.494 e. The summed E-state index contributed by atoms with van der Waals surface area (Å²) in [6.45, 7) is 17.9. The monoisotopic (exact) mass is 612 g/mol. The van der Waals surface area contributed by atoms with Crippen LogP contribution in [0.1, 0.15) is 73.6 Å². The second-order valence-electron chi connectivity index (χ2n) is 9.49. The van der Waals surface area contributed by atoms with Crippen molar-refractivity contribution in [3.05, 3.63) is 89.7 Å². The lowest BCUT2D eigenvalue weighted by Gasteiger charge is -2.16. The van der Waals surface area contributed by atoms with E-state index < -0.39 is 0 Å². The molecule has 1 aliphatic heterocycles.